The first-order chi connectivity index (χ1) is 8.27. The molecule has 0 aliphatic carbocycles. The third-order valence-electron chi connectivity index (χ3n) is 2.22. The SMILES string of the molecule is O=C(O)Cc1cn2cc(C(F)(F)F)cc(Cl)c2n1. The number of hydrogen-bond donors (Lipinski definition) is 1. The molecular weight excluding hydrogens is 273 g/mol. The van der Waals surface area contributed by atoms with Gasteiger partial charge in [-0.25, -0.2) is 4.98 Å². The van der Waals surface area contributed by atoms with Crippen LogP contribution in [0.25, 0.3) is 5.65 Å². The van der Waals surface area contributed by atoms with E-state index in [0.29, 0.717) is 0 Å². The lowest BCUT2D eigenvalue weighted by molar-refractivity contribution is -0.138. The number of hydrogen-bond acceptors (Lipinski definition) is 2. The third-order valence-corrected chi connectivity index (χ3v) is 2.49. The van der Waals surface area contributed by atoms with Crippen molar-refractivity contribution in [2.24, 2.45) is 0 Å². The molecule has 0 bridgehead atoms. The smallest absolute Gasteiger partial charge is 0.417 e. The lowest BCUT2D eigenvalue weighted by Gasteiger charge is -2.07. The number of alkyl halides is 3. The summed E-state index contributed by atoms with van der Waals surface area (Å²) < 4.78 is 38.7. The molecule has 18 heavy (non-hydrogen) atoms. The van der Waals surface area contributed by atoms with E-state index in [1.807, 2.05) is 0 Å². The second-order valence-corrected chi connectivity index (χ2v) is 4.02. The fourth-order valence-corrected chi connectivity index (χ4v) is 1.76. The Hall–Kier alpha value is -1.76. The minimum Gasteiger partial charge on any atom is -0.481 e. The highest BCUT2D eigenvalue weighted by Gasteiger charge is 2.31. The van der Waals surface area contributed by atoms with Gasteiger partial charge in [-0.3, -0.25) is 4.79 Å². The van der Waals surface area contributed by atoms with Crippen LogP contribution in [-0.2, 0) is 17.4 Å². The standard InChI is InChI=1S/C10H6ClF3N2O2/c11-7-1-5(10(12,13)14)3-16-4-6(2-8(17)18)15-9(7)16/h1,3-4H,2H2,(H,17,18). The average Bonchev–Trinajstić information content (AvgIpc) is 2.58. The molecule has 0 aliphatic rings. The lowest BCUT2D eigenvalue weighted by atomic mass is 10.3. The molecule has 0 saturated heterocycles. The largest absolute Gasteiger partial charge is 0.481 e. The monoisotopic (exact) mass is 278 g/mol. The van der Waals surface area contributed by atoms with Crippen LogP contribution in [0.4, 0.5) is 13.2 Å². The Labute approximate surface area is 104 Å². The number of carboxylic acids is 1. The van der Waals surface area contributed by atoms with Crippen molar-refractivity contribution in [1.82, 2.24) is 9.38 Å². The van der Waals surface area contributed by atoms with Gasteiger partial charge in [-0.2, -0.15) is 13.2 Å². The highest BCUT2D eigenvalue weighted by molar-refractivity contribution is 6.33. The molecule has 0 atom stereocenters. The maximum absolute atomic E-state index is 12.5. The minimum absolute atomic E-state index is 0.0981. The zero-order chi connectivity index (χ0) is 13.5. The van der Waals surface area contributed by atoms with E-state index in [2.05, 4.69) is 4.98 Å². The van der Waals surface area contributed by atoms with E-state index >= 15 is 0 Å². The summed E-state index contributed by atoms with van der Waals surface area (Å²) in [6, 6.07) is 0.758. The Morgan fingerprint density at radius 2 is 2.11 bits per heavy atom. The summed E-state index contributed by atoms with van der Waals surface area (Å²) >= 11 is 5.69. The molecule has 0 aliphatic heterocycles. The van der Waals surface area contributed by atoms with Gasteiger partial charge in [-0.05, 0) is 6.07 Å². The highest BCUT2D eigenvalue weighted by atomic mass is 35.5. The lowest BCUT2D eigenvalue weighted by Crippen LogP contribution is -2.06. The van der Waals surface area contributed by atoms with Crippen LogP contribution in [0, 0.1) is 0 Å². The van der Waals surface area contributed by atoms with Crippen LogP contribution in [0.15, 0.2) is 18.5 Å². The Kier molecular flexibility index (Phi) is 2.94. The molecule has 1 N–H and O–H groups in total. The van der Waals surface area contributed by atoms with Gasteiger partial charge in [0.15, 0.2) is 5.65 Å². The molecule has 0 fully saturated rings. The number of carbonyl (C=O) groups is 1. The number of fused-ring (bicyclic) bond motifs is 1. The van der Waals surface area contributed by atoms with Crippen molar-refractivity contribution in [1.29, 1.82) is 0 Å². The first-order valence-electron chi connectivity index (χ1n) is 4.73. The molecule has 0 unspecified atom stereocenters. The number of halogens is 4. The summed E-state index contributed by atoms with van der Waals surface area (Å²) in [6.45, 7) is 0. The molecule has 2 rings (SSSR count). The number of rotatable bonds is 2. The molecular formula is C10H6ClF3N2O2. The van der Waals surface area contributed by atoms with Gasteiger partial charge in [-0.15, -0.1) is 0 Å². The molecule has 0 spiro atoms. The number of pyridine rings is 1. The van der Waals surface area contributed by atoms with Crippen molar-refractivity contribution in [2.45, 2.75) is 12.6 Å². The second kappa shape index (κ2) is 4.16. The summed E-state index contributed by atoms with van der Waals surface area (Å²) in [5.41, 5.74) is -0.677. The topological polar surface area (TPSA) is 54.6 Å². The Morgan fingerprint density at radius 3 is 2.67 bits per heavy atom. The van der Waals surface area contributed by atoms with E-state index in [-0.39, 0.29) is 22.8 Å². The van der Waals surface area contributed by atoms with Crippen molar-refractivity contribution < 1.29 is 23.1 Å². The molecule has 96 valence electrons. The molecule has 8 heteroatoms. The number of aliphatic carboxylic acids is 1. The number of imidazole rings is 1. The fourth-order valence-electron chi connectivity index (χ4n) is 1.50. The van der Waals surface area contributed by atoms with Crippen LogP contribution >= 0.6 is 11.6 Å². The summed E-state index contributed by atoms with van der Waals surface area (Å²) in [5.74, 6) is -1.12. The van der Waals surface area contributed by atoms with Crippen LogP contribution in [0.2, 0.25) is 5.02 Å². The molecule has 0 saturated carbocycles. The van der Waals surface area contributed by atoms with Gasteiger partial charge in [0.1, 0.15) is 0 Å². The maximum Gasteiger partial charge on any atom is 0.417 e. The third kappa shape index (κ3) is 2.40. The van der Waals surface area contributed by atoms with Gasteiger partial charge in [0.05, 0.1) is 22.7 Å². The fraction of sp³-hybridized carbons (Fsp3) is 0.200. The van der Waals surface area contributed by atoms with Crippen LogP contribution in [0.1, 0.15) is 11.3 Å². The second-order valence-electron chi connectivity index (χ2n) is 3.61. The Morgan fingerprint density at radius 1 is 1.44 bits per heavy atom. The first-order valence-corrected chi connectivity index (χ1v) is 5.11. The molecule has 0 radical (unpaired) electrons. The molecule has 0 aromatic carbocycles. The number of carboxylic acid groups (broad SMARTS) is 1. The predicted molar refractivity (Wildman–Crippen MR) is 56.5 cm³/mol. The van der Waals surface area contributed by atoms with Crippen molar-refractivity contribution in [3.8, 4) is 0 Å². The van der Waals surface area contributed by atoms with Crippen LogP contribution < -0.4 is 0 Å². The Bertz CT molecular complexity index is 621. The molecule has 2 heterocycles. The van der Waals surface area contributed by atoms with Crippen molar-refractivity contribution >= 4 is 23.2 Å². The molecule has 2 aromatic rings. The van der Waals surface area contributed by atoms with Gasteiger partial charge < -0.3 is 9.51 Å². The van der Waals surface area contributed by atoms with Gasteiger partial charge in [-0.1, -0.05) is 11.6 Å². The predicted octanol–water partition coefficient (Wildman–Crippen LogP) is 2.63. The minimum atomic E-state index is -4.52. The normalized spacial score (nSPS) is 12.0. The van der Waals surface area contributed by atoms with E-state index in [4.69, 9.17) is 16.7 Å². The highest BCUT2D eigenvalue weighted by Crippen LogP contribution is 2.32. The van der Waals surface area contributed by atoms with Crippen molar-refractivity contribution in [3.63, 3.8) is 0 Å². The van der Waals surface area contributed by atoms with Crippen molar-refractivity contribution in [2.75, 3.05) is 0 Å². The van der Waals surface area contributed by atoms with Crippen LogP contribution in [0.3, 0.4) is 0 Å². The Balaban J connectivity index is 2.56. The summed E-state index contributed by atoms with van der Waals surface area (Å²) in [7, 11) is 0. The zero-order valence-electron chi connectivity index (χ0n) is 8.70. The van der Waals surface area contributed by atoms with Crippen molar-refractivity contribution in [3.05, 3.63) is 34.7 Å². The van der Waals surface area contributed by atoms with E-state index < -0.39 is 17.7 Å². The maximum atomic E-state index is 12.5. The molecule has 0 amide bonds. The molecule has 4 nitrogen and oxygen atoms in total. The van der Waals surface area contributed by atoms with Crippen LogP contribution in [-0.4, -0.2) is 20.5 Å². The van der Waals surface area contributed by atoms with E-state index in [1.54, 1.807) is 0 Å². The number of aromatic nitrogens is 2. The van der Waals surface area contributed by atoms with Gasteiger partial charge in [0, 0.05) is 12.4 Å². The van der Waals surface area contributed by atoms with Crippen LogP contribution in [0.5, 0.6) is 0 Å². The zero-order valence-corrected chi connectivity index (χ0v) is 9.46. The molecule has 2 aromatic heterocycles. The summed E-state index contributed by atoms with van der Waals surface area (Å²) in [5, 5.41) is 8.40. The van der Waals surface area contributed by atoms with E-state index in [1.165, 1.54) is 6.20 Å². The summed E-state index contributed by atoms with van der Waals surface area (Å²) in [4.78, 5) is 14.4. The quantitative estimate of drug-likeness (QED) is 0.919. The summed E-state index contributed by atoms with van der Waals surface area (Å²) in [6.07, 6.45) is -2.86. The van der Waals surface area contributed by atoms with Gasteiger partial charge in [0.25, 0.3) is 0 Å². The van der Waals surface area contributed by atoms with E-state index in [9.17, 15) is 18.0 Å². The van der Waals surface area contributed by atoms with E-state index in [0.717, 1.165) is 16.7 Å². The number of nitrogens with zero attached hydrogens (tertiary/aromatic N) is 2. The van der Waals surface area contributed by atoms with Gasteiger partial charge in [0.2, 0.25) is 0 Å². The first kappa shape index (κ1) is 12.7. The average molecular weight is 279 g/mol. The van der Waals surface area contributed by atoms with Gasteiger partial charge >= 0.3 is 12.1 Å².